The maximum Gasteiger partial charge on any atom is 0.340 e. The molecule has 0 fully saturated rings. The summed E-state index contributed by atoms with van der Waals surface area (Å²) in [4.78, 5) is 21.0. The third kappa shape index (κ3) is 3.80. The molecule has 2 aromatic heterocycles. The highest BCUT2D eigenvalue weighted by molar-refractivity contribution is 6.35. The Hall–Kier alpha value is -3.44. The number of anilines is 2. The van der Waals surface area contributed by atoms with Gasteiger partial charge >= 0.3 is 5.97 Å². The van der Waals surface area contributed by atoms with Crippen molar-refractivity contribution in [2.75, 3.05) is 5.32 Å². The summed E-state index contributed by atoms with van der Waals surface area (Å²) in [6.07, 6.45) is 5.03. The molecule has 0 spiro atoms. The Morgan fingerprint density at radius 3 is 2.71 bits per heavy atom. The molecule has 0 aliphatic heterocycles. The first-order valence-electron chi connectivity index (χ1n) is 8.68. The largest absolute Gasteiger partial charge is 0.457 e. The zero-order chi connectivity index (χ0) is 19.3. The van der Waals surface area contributed by atoms with Crippen LogP contribution in [0.3, 0.4) is 0 Å². The fraction of sp³-hybridized carbons (Fsp3) is 0.0455. The number of benzene rings is 2. The number of ether oxygens (including phenoxy) is 1. The van der Waals surface area contributed by atoms with Gasteiger partial charge in [0.15, 0.2) is 0 Å². The van der Waals surface area contributed by atoms with Crippen molar-refractivity contribution < 1.29 is 9.53 Å². The molecule has 0 saturated carbocycles. The minimum Gasteiger partial charge on any atom is -0.457 e. The number of carbonyl (C=O) groups excluding carboxylic acids is 1. The van der Waals surface area contributed by atoms with Crippen LogP contribution in [-0.4, -0.2) is 15.9 Å². The number of rotatable bonds is 5. The molecule has 0 aliphatic carbocycles. The second kappa shape index (κ2) is 8.06. The molecule has 0 amide bonds. The second-order valence-corrected chi connectivity index (χ2v) is 6.51. The van der Waals surface area contributed by atoms with Crippen LogP contribution in [0.5, 0.6) is 0 Å². The molecule has 6 heteroatoms. The molecule has 5 nitrogen and oxygen atoms in total. The number of nitrogens with one attached hydrogen (secondary N) is 1. The Kier molecular flexibility index (Phi) is 5.17. The van der Waals surface area contributed by atoms with E-state index in [-0.39, 0.29) is 6.61 Å². The standard InChI is InChI=1S/C22H16ClN3O2/c23-18-8-3-7-16-20(10-12-25-21(16)18)26-19-9-2-1-6-17(19)22(27)28-14-15-5-4-11-24-13-15/h1-13H,14H2,(H,25,26). The molecule has 4 rings (SSSR count). The van der Waals surface area contributed by atoms with Crippen LogP contribution in [0.2, 0.25) is 5.02 Å². The van der Waals surface area contributed by atoms with E-state index in [9.17, 15) is 4.79 Å². The van der Waals surface area contributed by atoms with Crippen LogP contribution in [0, 0.1) is 0 Å². The highest BCUT2D eigenvalue weighted by Crippen LogP contribution is 2.30. The molecule has 0 unspecified atom stereocenters. The van der Waals surface area contributed by atoms with E-state index in [1.165, 1.54) is 0 Å². The van der Waals surface area contributed by atoms with E-state index in [0.29, 0.717) is 21.8 Å². The Balaban J connectivity index is 1.60. The average molecular weight is 390 g/mol. The van der Waals surface area contributed by atoms with Crippen LogP contribution in [0.25, 0.3) is 10.9 Å². The number of hydrogen-bond acceptors (Lipinski definition) is 5. The molecule has 138 valence electrons. The van der Waals surface area contributed by atoms with Gasteiger partial charge in [-0.1, -0.05) is 41.9 Å². The van der Waals surface area contributed by atoms with Crippen molar-refractivity contribution in [2.45, 2.75) is 6.61 Å². The highest BCUT2D eigenvalue weighted by atomic mass is 35.5. The molecule has 2 aromatic carbocycles. The zero-order valence-corrected chi connectivity index (χ0v) is 15.6. The van der Waals surface area contributed by atoms with Crippen molar-refractivity contribution in [2.24, 2.45) is 0 Å². The molecule has 0 bridgehead atoms. The van der Waals surface area contributed by atoms with Gasteiger partial charge in [0.1, 0.15) is 6.61 Å². The molecule has 0 atom stereocenters. The normalized spacial score (nSPS) is 10.6. The minimum absolute atomic E-state index is 0.162. The van der Waals surface area contributed by atoms with Gasteiger partial charge < -0.3 is 10.1 Å². The second-order valence-electron chi connectivity index (χ2n) is 6.10. The molecule has 0 saturated heterocycles. The number of nitrogens with zero attached hydrogens (tertiary/aromatic N) is 2. The van der Waals surface area contributed by atoms with Crippen molar-refractivity contribution >= 4 is 39.8 Å². The fourth-order valence-electron chi connectivity index (χ4n) is 2.87. The molecule has 4 aromatic rings. The van der Waals surface area contributed by atoms with E-state index in [1.807, 2.05) is 36.4 Å². The topological polar surface area (TPSA) is 64.1 Å². The van der Waals surface area contributed by atoms with E-state index in [4.69, 9.17) is 16.3 Å². The van der Waals surface area contributed by atoms with Gasteiger partial charge in [-0.25, -0.2) is 4.79 Å². The molecule has 28 heavy (non-hydrogen) atoms. The van der Waals surface area contributed by atoms with E-state index in [0.717, 1.165) is 16.6 Å². The summed E-state index contributed by atoms with van der Waals surface area (Å²) >= 11 is 6.24. The number of para-hydroxylation sites is 2. The van der Waals surface area contributed by atoms with Gasteiger partial charge in [0.25, 0.3) is 0 Å². The van der Waals surface area contributed by atoms with Gasteiger partial charge in [0, 0.05) is 35.2 Å². The first-order chi connectivity index (χ1) is 13.7. The van der Waals surface area contributed by atoms with Crippen LogP contribution < -0.4 is 5.32 Å². The summed E-state index contributed by atoms with van der Waals surface area (Å²) in [7, 11) is 0. The molecular weight excluding hydrogens is 374 g/mol. The van der Waals surface area contributed by atoms with Crippen molar-refractivity contribution in [3.8, 4) is 0 Å². The number of fused-ring (bicyclic) bond motifs is 1. The van der Waals surface area contributed by atoms with Gasteiger partial charge in [-0.15, -0.1) is 0 Å². The average Bonchev–Trinajstić information content (AvgIpc) is 2.74. The number of aromatic nitrogens is 2. The maximum atomic E-state index is 12.6. The van der Waals surface area contributed by atoms with Gasteiger partial charge in [-0.3, -0.25) is 9.97 Å². The predicted octanol–water partition coefficient (Wildman–Crippen LogP) is 5.38. The summed E-state index contributed by atoms with van der Waals surface area (Å²) < 4.78 is 5.45. The van der Waals surface area contributed by atoms with Crippen LogP contribution >= 0.6 is 11.6 Å². The van der Waals surface area contributed by atoms with Gasteiger partial charge in [-0.2, -0.15) is 0 Å². The number of esters is 1. The van der Waals surface area contributed by atoms with E-state index in [2.05, 4.69) is 15.3 Å². The highest BCUT2D eigenvalue weighted by Gasteiger charge is 2.14. The number of halogens is 1. The molecule has 1 N–H and O–H groups in total. The van der Waals surface area contributed by atoms with Gasteiger partial charge in [0.2, 0.25) is 0 Å². The zero-order valence-electron chi connectivity index (χ0n) is 14.8. The number of pyridine rings is 2. The third-order valence-electron chi connectivity index (χ3n) is 4.23. The summed E-state index contributed by atoms with van der Waals surface area (Å²) in [5.41, 5.74) is 3.42. The molecular formula is C22H16ClN3O2. The van der Waals surface area contributed by atoms with Crippen molar-refractivity contribution in [3.63, 3.8) is 0 Å². The lowest BCUT2D eigenvalue weighted by Crippen LogP contribution is -2.08. The van der Waals surface area contributed by atoms with Crippen molar-refractivity contribution in [3.05, 3.63) is 95.4 Å². The SMILES string of the molecule is O=C(OCc1cccnc1)c1ccccc1Nc1ccnc2c(Cl)cccc12. The first kappa shape index (κ1) is 17.9. The Bertz CT molecular complexity index is 1130. The van der Waals surface area contributed by atoms with E-state index < -0.39 is 5.97 Å². The lowest BCUT2D eigenvalue weighted by molar-refractivity contribution is 0.0473. The van der Waals surface area contributed by atoms with Crippen LogP contribution in [-0.2, 0) is 11.3 Å². The van der Waals surface area contributed by atoms with E-state index >= 15 is 0 Å². The van der Waals surface area contributed by atoms with Crippen LogP contribution in [0.4, 0.5) is 11.4 Å². The van der Waals surface area contributed by atoms with Gasteiger partial charge in [0.05, 0.1) is 21.8 Å². The van der Waals surface area contributed by atoms with Crippen molar-refractivity contribution in [1.29, 1.82) is 0 Å². The smallest absolute Gasteiger partial charge is 0.340 e. The Morgan fingerprint density at radius 2 is 1.86 bits per heavy atom. The maximum absolute atomic E-state index is 12.6. The quantitative estimate of drug-likeness (QED) is 0.464. The lowest BCUT2D eigenvalue weighted by Gasteiger charge is -2.13. The fourth-order valence-corrected chi connectivity index (χ4v) is 3.10. The molecule has 2 heterocycles. The summed E-state index contributed by atoms with van der Waals surface area (Å²) in [5.74, 6) is -0.414. The number of carbonyl (C=O) groups is 1. The summed E-state index contributed by atoms with van der Waals surface area (Å²) in [5, 5.41) is 4.75. The molecule has 0 radical (unpaired) electrons. The van der Waals surface area contributed by atoms with Crippen LogP contribution in [0.1, 0.15) is 15.9 Å². The third-order valence-corrected chi connectivity index (χ3v) is 4.54. The van der Waals surface area contributed by atoms with Crippen LogP contribution in [0.15, 0.2) is 79.3 Å². The lowest BCUT2D eigenvalue weighted by atomic mass is 10.1. The van der Waals surface area contributed by atoms with E-state index in [1.54, 1.807) is 42.9 Å². The Labute approximate surface area is 167 Å². The minimum atomic E-state index is -0.414. The molecule has 0 aliphatic rings. The van der Waals surface area contributed by atoms with Gasteiger partial charge in [-0.05, 0) is 30.3 Å². The summed E-state index contributed by atoms with van der Waals surface area (Å²) in [6, 6.07) is 18.3. The monoisotopic (exact) mass is 389 g/mol. The Morgan fingerprint density at radius 1 is 0.964 bits per heavy atom. The summed E-state index contributed by atoms with van der Waals surface area (Å²) in [6.45, 7) is 0.162. The predicted molar refractivity (Wildman–Crippen MR) is 110 cm³/mol. The number of hydrogen-bond donors (Lipinski definition) is 1. The van der Waals surface area contributed by atoms with Crippen molar-refractivity contribution in [1.82, 2.24) is 9.97 Å². The first-order valence-corrected chi connectivity index (χ1v) is 9.05.